The molecule has 19 heavy (non-hydrogen) atoms. The first kappa shape index (κ1) is 11.6. The first-order valence-electron chi connectivity index (χ1n) is 6.09. The van der Waals surface area contributed by atoms with Crippen molar-refractivity contribution in [3.05, 3.63) is 58.9 Å². The molecule has 0 saturated carbocycles. The molecule has 0 spiro atoms. The van der Waals surface area contributed by atoms with E-state index in [1.807, 2.05) is 18.2 Å². The third kappa shape index (κ3) is 2.12. The van der Waals surface area contributed by atoms with E-state index in [0.717, 1.165) is 24.1 Å². The first-order chi connectivity index (χ1) is 9.25. The summed E-state index contributed by atoms with van der Waals surface area (Å²) in [6, 6.07) is 10.1. The summed E-state index contributed by atoms with van der Waals surface area (Å²) >= 11 is 0. The van der Waals surface area contributed by atoms with Gasteiger partial charge in [0, 0.05) is 23.6 Å². The fourth-order valence-corrected chi connectivity index (χ4v) is 2.26. The number of benzene rings is 1. The highest BCUT2D eigenvalue weighted by molar-refractivity contribution is 6.19. The zero-order valence-corrected chi connectivity index (χ0v) is 10.2. The highest BCUT2D eigenvalue weighted by atomic mass is 16.4. The third-order valence-corrected chi connectivity index (χ3v) is 3.21. The van der Waals surface area contributed by atoms with E-state index in [0.29, 0.717) is 5.57 Å². The molecule has 0 fully saturated rings. The van der Waals surface area contributed by atoms with Crippen LogP contribution in [-0.2, 0) is 11.2 Å². The van der Waals surface area contributed by atoms with Crippen LogP contribution in [0.1, 0.15) is 12.0 Å². The second-order valence-electron chi connectivity index (χ2n) is 4.43. The Morgan fingerprint density at radius 2 is 1.95 bits per heavy atom. The summed E-state index contributed by atoms with van der Waals surface area (Å²) in [7, 11) is 0. The van der Waals surface area contributed by atoms with Gasteiger partial charge >= 0.3 is 5.97 Å². The lowest BCUT2D eigenvalue weighted by Crippen LogP contribution is -2.01. The minimum atomic E-state index is -0.996. The number of aliphatic carboxylic acids is 1. The number of carboxylic acid groups (broad SMARTS) is 1. The number of carboxylic acids is 1. The molecule has 1 N–H and O–H groups in total. The number of rotatable bonds is 4. The highest BCUT2D eigenvalue weighted by Gasteiger charge is 2.28. The van der Waals surface area contributed by atoms with Crippen LogP contribution < -0.4 is 0 Å². The van der Waals surface area contributed by atoms with Crippen molar-refractivity contribution in [2.75, 3.05) is 0 Å². The second kappa shape index (κ2) is 4.65. The standard InChI is InChI=1S/C15H12N2O2/c18-15(19)14-12-9-16-8-11(12)13(17-14)7-6-10-4-2-1-3-5-10/h1-5,8-9H,6-7H2,(H,18,19). The lowest BCUT2D eigenvalue weighted by atomic mass is 10.0. The van der Waals surface area contributed by atoms with Gasteiger partial charge in [-0.15, -0.1) is 0 Å². The molecule has 4 heteroatoms. The van der Waals surface area contributed by atoms with Crippen LogP contribution in [0.15, 0.2) is 63.4 Å². The van der Waals surface area contributed by atoms with E-state index in [4.69, 9.17) is 5.11 Å². The van der Waals surface area contributed by atoms with Crippen LogP contribution in [0.2, 0.25) is 0 Å². The number of allylic oxidation sites excluding steroid dienone is 2. The van der Waals surface area contributed by atoms with E-state index in [1.54, 1.807) is 12.4 Å². The largest absolute Gasteiger partial charge is 0.476 e. The minimum absolute atomic E-state index is 0.107. The van der Waals surface area contributed by atoms with Crippen molar-refractivity contribution in [2.45, 2.75) is 12.8 Å². The number of nitrogens with zero attached hydrogens (tertiary/aromatic N) is 2. The van der Waals surface area contributed by atoms with Crippen molar-refractivity contribution in [3.63, 3.8) is 0 Å². The van der Waals surface area contributed by atoms with Gasteiger partial charge < -0.3 is 5.11 Å². The Morgan fingerprint density at radius 1 is 1.16 bits per heavy atom. The number of aliphatic imine (C=N–C) groups is 2. The Labute approximate surface area is 110 Å². The molecule has 1 aromatic rings. The fraction of sp³-hybridized carbons (Fsp3) is 0.133. The summed E-state index contributed by atoms with van der Waals surface area (Å²) in [4.78, 5) is 19.4. The number of hydrogen-bond acceptors (Lipinski definition) is 3. The van der Waals surface area contributed by atoms with Crippen LogP contribution in [0.25, 0.3) is 0 Å². The molecule has 94 valence electrons. The van der Waals surface area contributed by atoms with E-state index in [-0.39, 0.29) is 5.70 Å². The smallest absolute Gasteiger partial charge is 0.355 e. The van der Waals surface area contributed by atoms with Crippen molar-refractivity contribution in [1.82, 2.24) is 0 Å². The van der Waals surface area contributed by atoms with E-state index < -0.39 is 5.97 Å². The number of hydrogen-bond donors (Lipinski definition) is 1. The maximum Gasteiger partial charge on any atom is 0.355 e. The third-order valence-electron chi connectivity index (χ3n) is 3.21. The van der Waals surface area contributed by atoms with Crippen LogP contribution >= 0.6 is 0 Å². The lowest BCUT2D eigenvalue weighted by molar-refractivity contribution is -0.132. The van der Waals surface area contributed by atoms with Crippen LogP contribution in [0, 0.1) is 0 Å². The van der Waals surface area contributed by atoms with Crippen molar-refractivity contribution in [1.29, 1.82) is 0 Å². The van der Waals surface area contributed by atoms with Crippen molar-refractivity contribution in [3.8, 4) is 0 Å². The molecule has 1 aromatic carbocycles. The lowest BCUT2D eigenvalue weighted by Gasteiger charge is -2.02. The average molecular weight is 252 g/mol. The Morgan fingerprint density at radius 3 is 2.68 bits per heavy atom. The van der Waals surface area contributed by atoms with Gasteiger partial charge in [-0.05, 0) is 18.4 Å². The van der Waals surface area contributed by atoms with Gasteiger partial charge in [0.05, 0.1) is 5.71 Å². The van der Waals surface area contributed by atoms with Crippen LogP contribution in [-0.4, -0.2) is 23.0 Å². The van der Waals surface area contributed by atoms with Crippen molar-refractivity contribution < 1.29 is 9.90 Å². The van der Waals surface area contributed by atoms with E-state index >= 15 is 0 Å². The topological polar surface area (TPSA) is 62.0 Å². The molecular weight excluding hydrogens is 240 g/mol. The highest BCUT2D eigenvalue weighted by Crippen LogP contribution is 2.29. The number of fused-ring (bicyclic) bond motifs is 1. The van der Waals surface area contributed by atoms with Gasteiger partial charge in [0.1, 0.15) is 0 Å². The molecular formula is C15H12N2O2. The second-order valence-corrected chi connectivity index (χ2v) is 4.43. The maximum atomic E-state index is 11.1. The van der Waals surface area contributed by atoms with Crippen LogP contribution in [0.4, 0.5) is 0 Å². The zero-order chi connectivity index (χ0) is 13.2. The molecule has 2 heterocycles. The predicted octanol–water partition coefficient (Wildman–Crippen LogP) is 2.38. The van der Waals surface area contributed by atoms with Crippen molar-refractivity contribution in [2.24, 2.45) is 9.98 Å². The Kier molecular flexibility index (Phi) is 2.83. The average Bonchev–Trinajstić information content (AvgIpc) is 2.99. The van der Waals surface area contributed by atoms with Crippen molar-refractivity contribution >= 4 is 17.9 Å². The molecule has 3 rings (SSSR count). The van der Waals surface area contributed by atoms with E-state index in [2.05, 4.69) is 22.1 Å². The zero-order valence-electron chi connectivity index (χ0n) is 10.2. The molecule has 2 aliphatic heterocycles. The minimum Gasteiger partial charge on any atom is -0.476 e. The molecule has 2 aliphatic rings. The normalized spacial score (nSPS) is 16.4. The van der Waals surface area contributed by atoms with Crippen LogP contribution in [0.5, 0.6) is 0 Å². The first-order valence-corrected chi connectivity index (χ1v) is 6.09. The Bertz CT molecular complexity index is 652. The molecule has 0 aromatic heterocycles. The summed E-state index contributed by atoms with van der Waals surface area (Å²) in [5.74, 6) is -0.996. The van der Waals surface area contributed by atoms with E-state index in [9.17, 15) is 4.79 Å². The van der Waals surface area contributed by atoms with Gasteiger partial charge in [0.2, 0.25) is 0 Å². The van der Waals surface area contributed by atoms with Crippen LogP contribution in [0.3, 0.4) is 0 Å². The molecule has 0 radical (unpaired) electrons. The molecule has 4 nitrogen and oxygen atoms in total. The van der Waals surface area contributed by atoms with Gasteiger partial charge in [-0.1, -0.05) is 30.3 Å². The van der Waals surface area contributed by atoms with E-state index in [1.165, 1.54) is 5.56 Å². The molecule has 0 amide bonds. The molecule has 0 aliphatic carbocycles. The molecule has 0 unspecified atom stereocenters. The Hall–Kier alpha value is -2.49. The van der Waals surface area contributed by atoms with Gasteiger partial charge in [-0.3, -0.25) is 4.99 Å². The summed E-state index contributed by atoms with van der Waals surface area (Å²) in [5, 5.41) is 9.11. The SMILES string of the molecule is O=C(O)C1=C2C=NC=C2C(CCc2ccccc2)=N1. The fourth-order valence-electron chi connectivity index (χ4n) is 2.26. The quantitative estimate of drug-likeness (QED) is 0.894. The molecule has 0 bridgehead atoms. The van der Waals surface area contributed by atoms with Gasteiger partial charge in [0.15, 0.2) is 5.70 Å². The summed E-state index contributed by atoms with van der Waals surface area (Å²) in [6.07, 6.45) is 4.82. The Balaban J connectivity index is 1.78. The van der Waals surface area contributed by atoms with Gasteiger partial charge in [-0.25, -0.2) is 9.79 Å². The summed E-state index contributed by atoms with van der Waals surface area (Å²) in [6.45, 7) is 0. The summed E-state index contributed by atoms with van der Waals surface area (Å²) in [5.41, 5.74) is 3.63. The monoisotopic (exact) mass is 252 g/mol. The molecule has 0 atom stereocenters. The molecule has 0 saturated heterocycles. The number of aryl methyl sites for hydroxylation is 1. The summed E-state index contributed by atoms with van der Waals surface area (Å²) < 4.78 is 0. The van der Waals surface area contributed by atoms with Gasteiger partial charge in [0.25, 0.3) is 0 Å². The predicted molar refractivity (Wildman–Crippen MR) is 73.4 cm³/mol. The maximum absolute atomic E-state index is 11.1. The van der Waals surface area contributed by atoms with Gasteiger partial charge in [-0.2, -0.15) is 0 Å². The number of carbonyl (C=O) groups is 1.